The molecule has 6 heteroatoms. The van der Waals surface area contributed by atoms with Crippen LogP contribution in [0.4, 0.5) is 0 Å². The molecule has 0 aliphatic heterocycles. The van der Waals surface area contributed by atoms with Crippen molar-refractivity contribution < 1.29 is 23.4 Å². The van der Waals surface area contributed by atoms with Crippen LogP contribution >= 0.6 is 8.25 Å². The monoisotopic (exact) mass is 180 g/mol. The van der Waals surface area contributed by atoms with Crippen molar-refractivity contribution in [2.75, 3.05) is 7.11 Å². The van der Waals surface area contributed by atoms with Gasteiger partial charge in [0.1, 0.15) is 0 Å². The highest BCUT2D eigenvalue weighted by Gasteiger charge is 2.06. The Morgan fingerprint density at radius 2 is 2.09 bits per heavy atom. The first-order chi connectivity index (χ1) is 5.07. The van der Waals surface area contributed by atoms with E-state index < -0.39 is 14.2 Å². The van der Waals surface area contributed by atoms with E-state index >= 15 is 0 Å². The Hall–Kier alpha value is -0.640. The van der Waals surface area contributed by atoms with Crippen LogP contribution in [0.2, 0.25) is 0 Å². The quantitative estimate of drug-likeness (QED) is 0.280. The number of hydrogen-bond donors (Lipinski definition) is 0. The van der Waals surface area contributed by atoms with Crippen LogP contribution in [0.3, 0.4) is 0 Å². The van der Waals surface area contributed by atoms with Gasteiger partial charge in [0.25, 0.3) is 0 Å². The van der Waals surface area contributed by atoms with Crippen LogP contribution in [-0.2, 0) is 23.4 Å². The van der Waals surface area contributed by atoms with Crippen LogP contribution in [0.15, 0.2) is 12.2 Å². The molecule has 0 bridgehead atoms. The van der Waals surface area contributed by atoms with Gasteiger partial charge in [-0.3, -0.25) is 9.45 Å². The van der Waals surface area contributed by atoms with E-state index in [4.69, 9.17) is 0 Å². The maximum Gasteiger partial charge on any atom is 0.368 e. The summed E-state index contributed by atoms with van der Waals surface area (Å²) in [6.45, 7) is 4.71. The normalized spacial score (nSPS) is 12.2. The first-order valence-electron chi connectivity index (χ1n) is 2.70. The van der Waals surface area contributed by atoms with Gasteiger partial charge in [-0.2, -0.15) is 0 Å². The Morgan fingerprint density at radius 3 is 2.45 bits per heavy atom. The van der Waals surface area contributed by atoms with Gasteiger partial charge in [0.2, 0.25) is 0 Å². The lowest BCUT2D eigenvalue weighted by Gasteiger charge is -1.99. The molecule has 0 spiro atoms. The molecule has 0 aromatic rings. The average Bonchev–Trinajstić information content (AvgIpc) is 1.99. The zero-order valence-corrected chi connectivity index (χ0v) is 7.25. The fourth-order valence-corrected chi connectivity index (χ4v) is 0.389. The highest BCUT2D eigenvalue weighted by molar-refractivity contribution is 7.33. The molecule has 0 aliphatic carbocycles. The molecule has 1 atom stereocenters. The summed E-state index contributed by atoms with van der Waals surface area (Å²) < 4.78 is 18.6. The van der Waals surface area contributed by atoms with Crippen LogP contribution in [0.25, 0.3) is 0 Å². The van der Waals surface area contributed by atoms with E-state index in [1.807, 2.05) is 0 Å². The molecule has 64 valence electrons. The molecule has 11 heavy (non-hydrogen) atoms. The van der Waals surface area contributed by atoms with E-state index in [9.17, 15) is 9.36 Å². The van der Waals surface area contributed by atoms with Crippen LogP contribution in [0.5, 0.6) is 0 Å². The molecule has 5 nitrogen and oxygen atoms in total. The second kappa shape index (κ2) is 5.07. The van der Waals surface area contributed by atoms with E-state index in [1.165, 1.54) is 14.0 Å². The van der Waals surface area contributed by atoms with Crippen molar-refractivity contribution in [3.05, 3.63) is 12.2 Å². The predicted octanol–water partition coefficient (Wildman–Crippen LogP) is 1.07. The zero-order valence-electron chi connectivity index (χ0n) is 6.25. The zero-order chi connectivity index (χ0) is 8.85. The Kier molecular flexibility index (Phi) is 4.77. The fourth-order valence-electron chi connectivity index (χ4n) is 0.177. The van der Waals surface area contributed by atoms with E-state index in [1.54, 1.807) is 0 Å². The molecule has 0 heterocycles. The summed E-state index contributed by atoms with van der Waals surface area (Å²) in [4.78, 5) is 14.6. The van der Waals surface area contributed by atoms with Gasteiger partial charge in [-0.15, -0.1) is 0 Å². The van der Waals surface area contributed by atoms with Crippen molar-refractivity contribution >= 4 is 14.2 Å². The minimum atomic E-state index is -2.69. The van der Waals surface area contributed by atoms with Crippen molar-refractivity contribution in [2.24, 2.45) is 0 Å². The van der Waals surface area contributed by atoms with Crippen LogP contribution in [0.1, 0.15) is 6.92 Å². The molecular weight excluding hydrogens is 171 g/mol. The highest BCUT2D eigenvalue weighted by Crippen LogP contribution is 2.22. The molecule has 0 aliphatic rings. The van der Waals surface area contributed by atoms with Gasteiger partial charge in [-0.25, -0.2) is 4.79 Å². The summed E-state index contributed by atoms with van der Waals surface area (Å²) in [5, 5.41) is 0. The largest absolute Gasteiger partial charge is 0.368 e. The van der Waals surface area contributed by atoms with E-state index in [0.29, 0.717) is 0 Å². The second-order valence-corrected chi connectivity index (χ2v) is 2.76. The van der Waals surface area contributed by atoms with Crippen LogP contribution in [0, 0.1) is 0 Å². The summed E-state index contributed by atoms with van der Waals surface area (Å²) in [6, 6.07) is 0. The fraction of sp³-hybridized carbons (Fsp3) is 0.400. The van der Waals surface area contributed by atoms with Gasteiger partial charge < -0.3 is 4.52 Å². The van der Waals surface area contributed by atoms with Crippen LogP contribution < -0.4 is 0 Å². The van der Waals surface area contributed by atoms with Crippen molar-refractivity contribution in [3.8, 4) is 0 Å². The molecule has 0 N–H and O–H groups in total. The SMILES string of the molecule is C=C(C)C(=O)OO[PH](=O)OC. The summed E-state index contributed by atoms with van der Waals surface area (Å²) >= 11 is 0. The van der Waals surface area contributed by atoms with Crippen molar-refractivity contribution in [2.45, 2.75) is 6.92 Å². The maximum atomic E-state index is 10.5. The molecule has 0 aromatic carbocycles. The second-order valence-electron chi connectivity index (χ2n) is 1.69. The third-order valence-corrected chi connectivity index (χ3v) is 1.25. The Balaban J connectivity index is 3.63. The van der Waals surface area contributed by atoms with Crippen molar-refractivity contribution in [3.63, 3.8) is 0 Å². The highest BCUT2D eigenvalue weighted by atomic mass is 31.1. The predicted molar refractivity (Wildman–Crippen MR) is 38.0 cm³/mol. The summed E-state index contributed by atoms with van der Waals surface area (Å²) in [5.74, 6) is -0.764. The average molecular weight is 180 g/mol. The summed E-state index contributed by atoms with van der Waals surface area (Å²) in [5.41, 5.74) is 0.163. The number of carbonyl (C=O) groups is 1. The topological polar surface area (TPSA) is 61.8 Å². The number of carbonyl (C=O) groups excluding carboxylic acids is 1. The standard InChI is InChI=1S/C5H9O5P/c1-4(2)5(6)9-10-11(7)8-3/h11H,1H2,2-3H3. The van der Waals surface area contributed by atoms with E-state index in [0.717, 1.165) is 0 Å². The molecular formula is C5H9O5P. The van der Waals surface area contributed by atoms with Gasteiger partial charge in [-0.1, -0.05) is 11.3 Å². The van der Waals surface area contributed by atoms with Crippen LogP contribution in [-0.4, -0.2) is 13.1 Å². The Labute approximate surface area is 64.8 Å². The number of hydrogen-bond acceptors (Lipinski definition) is 5. The van der Waals surface area contributed by atoms with Gasteiger partial charge in [0.05, 0.1) is 0 Å². The molecule has 0 rings (SSSR count). The molecule has 0 amide bonds. The number of rotatable bonds is 4. The lowest BCUT2D eigenvalue weighted by molar-refractivity contribution is -0.209. The minimum Gasteiger partial charge on any atom is -0.312 e. The first-order valence-corrected chi connectivity index (χ1v) is 3.92. The first kappa shape index (κ1) is 10.4. The Bertz CT molecular complexity index is 187. The molecule has 0 fully saturated rings. The Morgan fingerprint density at radius 1 is 1.55 bits per heavy atom. The van der Waals surface area contributed by atoms with E-state index in [-0.39, 0.29) is 5.57 Å². The maximum absolute atomic E-state index is 10.5. The molecule has 0 radical (unpaired) electrons. The van der Waals surface area contributed by atoms with Gasteiger partial charge >= 0.3 is 14.2 Å². The summed E-state index contributed by atoms with van der Waals surface area (Å²) in [7, 11) is -1.51. The summed E-state index contributed by atoms with van der Waals surface area (Å²) in [6.07, 6.45) is 0. The van der Waals surface area contributed by atoms with Crippen molar-refractivity contribution in [1.82, 2.24) is 0 Å². The molecule has 1 unspecified atom stereocenters. The van der Waals surface area contributed by atoms with Gasteiger partial charge in [0.15, 0.2) is 0 Å². The van der Waals surface area contributed by atoms with Gasteiger partial charge in [-0.05, 0) is 6.92 Å². The van der Waals surface area contributed by atoms with Crippen molar-refractivity contribution in [1.29, 1.82) is 0 Å². The third-order valence-electron chi connectivity index (χ3n) is 0.701. The molecule has 0 saturated carbocycles. The molecule has 0 saturated heterocycles. The minimum absolute atomic E-state index is 0.163. The lowest BCUT2D eigenvalue weighted by Crippen LogP contribution is -2.02. The van der Waals surface area contributed by atoms with Gasteiger partial charge in [0, 0.05) is 12.7 Å². The molecule has 0 aromatic heterocycles. The lowest BCUT2D eigenvalue weighted by atomic mass is 10.4. The smallest absolute Gasteiger partial charge is 0.312 e. The van der Waals surface area contributed by atoms with E-state index in [2.05, 4.69) is 20.7 Å². The third kappa shape index (κ3) is 4.72.